The van der Waals surface area contributed by atoms with Crippen LogP contribution >= 0.6 is 0 Å². The average Bonchev–Trinajstić information content (AvgIpc) is 2.81. The fourth-order valence-corrected chi connectivity index (χ4v) is 2.24. The summed E-state index contributed by atoms with van der Waals surface area (Å²) in [6.07, 6.45) is 4.53. The first kappa shape index (κ1) is 12.9. The molecule has 1 aromatic heterocycles. The van der Waals surface area contributed by atoms with Gasteiger partial charge < -0.3 is 9.64 Å². The number of hydrogen-bond acceptors (Lipinski definition) is 3. The topological polar surface area (TPSA) is 47.4 Å². The number of rotatable bonds is 5. The number of aryl methyl sites for hydroxylation is 1. The monoisotopic (exact) mass is 251 g/mol. The third-order valence-corrected chi connectivity index (χ3v) is 3.05. The van der Waals surface area contributed by atoms with Crippen LogP contribution in [0.3, 0.4) is 0 Å². The fourth-order valence-electron chi connectivity index (χ4n) is 2.24. The summed E-state index contributed by atoms with van der Waals surface area (Å²) in [6.45, 7) is 7.26. The number of carbonyl (C=O) groups excluding carboxylic acids is 1. The molecule has 0 fully saturated rings. The zero-order chi connectivity index (χ0) is 13.0. The Hall–Kier alpha value is -1.52. The molecule has 5 heteroatoms. The van der Waals surface area contributed by atoms with Crippen LogP contribution in [0.25, 0.3) is 0 Å². The first-order valence-corrected chi connectivity index (χ1v) is 6.75. The fraction of sp³-hybridized carbons (Fsp3) is 0.692. The summed E-state index contributed by atoms with van der Waals surface area (Å²) in [5.74, 6) is 0.685. The Morgan fingerprint density at radius 2 is 2.17 bits per heavy atom. The minimum atomic E-state index is 0.0434. The number of hydrogen-bond donors (Lipinski definition) is 0. The van der Waals surface area contributed by atoms with E-state index in [-0.39, 0.29) is 5.91 Å². The van der Waals surface area contributed by atoms with Gasteiger partial charge in [-0.3, -0.25) is 4.79 Å². The molecule has 2 rings (SSSR count). The highest BCUT2D eigenvalue weighted by Gasteiger charge is 2.24. The SMILES string of the molecule is CCCN(CCC)C(=O)c1cnn2c1OCCC2. The minimum absolute atomic E-state index is 0.0434. The summed E-state index contributed by atoms with van der Waals surface area (Å²) >= 11 is 0. The summed E-state index contributed by atoms with van der Waals surface area (Å²) in [5, 5.41) is 4.22. The summed E-state index contributed by atoms with van der Waals surface area (Å²) in [5.41, 5.74) is 0.608. The first-order valence-electron chi connectivity index (χ1n) is 6.75. The van der Waals surface area contributed by atoms with Crippen molar-refractivity contribution in [1.82, 2.24) is 14.7 Å². The molecule has 0 N–H and O–H groups in total. The number of aromatic nitrogens is 2. The summed E-state index contributed by atoms with van der Waals surface area (Å²) < 4.78 is 7.36. The van der Waals surface area contributed by atoms with E-state index in [4.69, 9.17) is 4.74 Å². The van der Waals surface area contributed by atoms with Gasteiger partial charge in [0.15, 0.2) is 0 Å². The maximum atomic E-state index is 12.5. The van der Waals surface area contributed by atoms with Crippen molar-refractivity contribution in [3.63, 3.8) is 0 Å². The van der Waals surface area contributed by atoms with Crippen molar-refractivity contribution >= 4 is 5.91 Å². The zero-order valence-electron chi connectivity index (χ0n) is 11.2. The quantitative estimate of drug-likeness (QED) is 0.803. The molecule has 1 amide bonds. The van der Waals surface area contributed by atoms with Crippen LogP contribution < -0.4 is 4.74 Å². The minimum Gasteiger partial charge on any atom is -0.477 e. The Kier molecular flexibility index (Phi) is 4.23. The van der Waals surface area contributed by atoms with E-state index in [2.05, 4.69) is 18.9 Å². The molecule has 0 unspecified atom stereocenters. The van der Waals surface area contributed by atoms with Crippen LogP contribution in [0, 0.1) is 0 Å². The Bertz CT molecular complexity index is 408. The van der Waals surface area contributed by atoms with E-state index in [0.717, 1.165) is 38.9 Å². The Morgan fingerprint density at radius 1 is 1.44 bits per heavy atom. The molecule has 0 saturated carbocycles. The van der Waals surface area contributed by atoms with Gasteiger partial charge in [-0.15, -0.1) is 0 Å². The third-order valence-electron chi connectivity index (χ3n) is 3.05. The second-order valence-corrected chi connectivity index (χ2v) is 4.58. The van der Waals surface area contributed by atoms with Crippen LogP contribution in [0.2, 0.25) is 0 Å². The lowest BCUT2D eigenvalue weighted by Gasteiger charge is -2.22. The maximum absolute atomic E-state index is 12.5. The Labute approximate surface area is 108 Å². The van der Waals surface area contributed by atoms with E-state index in [1.54, 1.807) is 10.9 Å². The molecular weight excluding hydrogens is 230 g/mol. The second-order valence-electron chi connectivity index (χ2n) is 4.58. The maximum Gasteiger partial charge on any atom is 0.260 e. The van der Waals surface area contributed by atoms with Crippen molar-refractivity contribution in [2.45, 2.75) is 39.7 Å². The summed E-state index contributed by atoms with van der Waals surface area (Å²) in [6, 6.07) is 0. The highest BCUT2D eigenvalue weighted by molar-refractivity contribution is 5.96. The number of fused-ring (bicyclic) bond motifs is 1. The second kappa shape index (κ2) is 5.89. The van der Waals surface area contributed by atoms with Gasteiger partial charge in [0.2, 0.25) is 5.88 Å². The molecule has 5 nitrogen and oxygen atoms in total. The van der Waals surface area contributed by atoms with Crippen molar-refractivity contribution < 1.29 is 9.53 Å². The van der Waals surface area contributed by atoms with E-state index in [1.165, 1.54) is 0 Å². The van der Waals surface area contributed by atoms with E-state index < -0.39 is 0 Å². The molecule has 0 spiro atoms. The van der Waals surface area contributed by atoms with E-state index in [0.29, 0.717) is 18.1 Å². The molecule has 0 atom stereocenters. The molecule has 2 heterocycles. The molecule has 0 bridgehead atoms. The highest BCUT2D eigenvalue weighted by atomic mass is 16.5. The van der Waals surface area contributed by atoms with Crippen LogP contribution in [0.5, 0.6) is 5.88 Å². The van der Waals surface area contributed by atoms with Crippen LogP contribution in [0.1, 0.15) is 43.5 Å². The van der Waals surface area contributed by atoms with Gasteiger partial charge in [-0.25, -0.2) is 4.68 Å². The Balaban J connectivity index is 2.18. The van der Waals surface area contributed by atoms with Crippen molar-refractivity contribution in [2.75, 3.05) is 19.7 Å². The predicted molar refractivity (Wildman–Crippen MR) is 68.8 cm³/mol. The van der Waals surface area contributed by atoms with Gasteiger partial charge in [-0.2, -0.15) is 5.10 Å². The Morgan fingerprint density at radius 3 is 2.83 bits per heavy atom. The lowest BCUT2D eigenvalue weighted by molar-refractivity contribution is 0.0748. The van der Waals surface area contributed by atoms with Crippen molar-refractivity contribution in [2.24, 2.45) is 0 Å². The van der Waals surface area contributed by atoms with Gasteiger partial charge in [0.1, 0.15) is 5.56 Å². The third kappa shape index (κ3) is 2.49. The normalized spacial score (nSPS) is 13.9. The molecule has 18 heavy (non-hydrogen) atoms. The van der Waals surface area contributed by atoms with Gasteiger partial charge in [0.25, 0.3) is 5.91 Å². The average molecular weight is 251 g/mol. The number of ether oxygens (including phenoxy) is 1. The van der Waals surface area contributed by atoms with Gasteiger partial charge in [-0.05, 0) is 12.8 Å². The lowest BCUT2D eigenvalue weighted by atomic mass is 10.2. The van der Waals surface area contributed by atoms with Gasteiger partial charge in [-0.1, -0.05) is 13.8 Å². The number of amides is 1. The van der Waals surface area contributed by atoms with E-state index in [9.17, 15) is 4.79 Å². The standard InChI is InChI=1S/C13H21N3O2/c1-3-6-15(7-4-2)12(17)11-10-14-16-8-5-9-18-13(11)16/h10H,3-9H2,1-2H3. The lowest BCUT2D eigenvalue weighted by Crippen LogP contribution is -2.32. The molecule has 1 aliphatic heterocycles. The molecule has 0 aliphatic carbocycles. The first-order chi connectivity index (χ1) is 8.77. The van der Waals surface area contributed by atoms with Crippen LogP contribution in [-0.4, -0.2) is 40.3 Å². The molecule has 0 radical (unpaired) electrons. The molecule has 0 aromatic carbocycles. The van der Waals surface area contributed by atoms with E-state index >= 15 is 0 Å². The summed E-state index contributed by atoms with van der Waals surface area (Å²) in [4.78, 5) is 14.3. The number of carbonyl (C=O) groups is 1. The largest absolute Gasteiger partial charge is 0.477 e. The smallest absolute Gasteiger partial charge is 0.260 e. The predicted octanol–water partition coefficient (Wildman–Crippen LogP) is 1.93. The molecule has 100 valence electrons. The van der Waals surface area contributed by atoms with Gasteiger partial charge >= 0.3 is 0 Å². The van der Waals surface area contributed by atoms with Gasteiger partial charge in [0, 0.05) is 26.1 Å². The van der Waals surface area contributed by atoms with Crippen molar-refractivity contribution in [3.8, 4) is 5.88 Å². The molecule has 1 aliphatic rings. The zero-order valence-corrected chi connectivity index (χ0v) is 11.2. The van der Waals surface area contributed by atoms with Crippen molar-refractivity contribution in [1.29, 1.82) is 0 Å². The van der Waals surface area contributed by atoms with Crippen LogP contribution in [0.4, 0.5) is 0 Å². The van der Waals surface area contributed by atoms with Crippen LogP contribution in [0.15, 0.2) is 6.20 Å². The molecule has 1 aromatic rings. The molecule has 0 saturated heterocycles. The van der Waals surface area contributed by atoms with E-state index in [1.807, 2.05) is 4.90 Å². The highest BCUT2D eigenvalue weighted by Crippen LogP contribution is 2.23. The number of nitrogens with zero attached hydrogens (tertiary/aromatic N) is 3. The van der Waals surface area contributed by atoms with Crippen LogP contribution in [-0.2, 0) is 6.54 Å². The molecular formula is C13H21N3O2. The summed E-state index contributed by atoms with van der Waals surface area (Å²) in [7, 11) is 0. The van der Waals surface area contributed by atoms with Gasteiger partial charge in [0.05, 0.1) is 12.8 Å². The van der Waals surface area contributed by atoms with Crippen molar-refractivity contribution in [3.05, 3.63) is 11.8 Å².